The van der Waals surface area contributed by atoms with Gasteiger partial charge in [-0.15, -0.1) is 0 Å². The van der Waals surface area contributed by atoms with Crippen molar-refractivity contribution in [2.24, 2.45) is 0 Å². The van der Waals surface area contributed by atoms with Crippen LogP contribution >= 0.6 is 0 Å². The molecule has 1 aromatic carbocycles. The summed E-state index contributed by atoms with van der Waals surface area (Å²) < 4.78 is 5.87. The topological polar surface area (TPSA) is 9.23 Å². The van der Waals surface area contributed by atoms with E-state index in [-0.39, 0.29) is 6.10 Å². The fraction of sp³-hybridized carbons (Fsp3) is 0.467. The Kier molecular flexibility index (Phi) is 3.88. The highest BCUT2D eigenvalue weighted by Crippen LogP contribution is 2.17. The minimum atomic E-state index is 0.0861. The second-order valence-corrected chi connectivity index (χ2v) is 4.34. The molecule has 0 amide bonds. The van der Waals surface area contributed by atoms with Crippen molar-refractivity contribution in [2.45, 2.75) is 45.1 Å². The molecular formula is C15H18O. The van der Waals surface area contributed by atoms with Gasteiger partial charge in [-0.3, -0.25) is 0 Å². The van der Waals surface area contributed by atoms with Crippen LogP contribution in [0.25, 0.3) is 0 Å². The molecule has 0 N–H and O–H groups in total. The standard InChI is InChI=1S/C15H18O/c1-13-9-11-15(12-10-13)16-14-7-5-3-2-4-6-8-14/h9-12,14H,2-5,7H2,1H3. The average Bonchev–Trinajstić information content (AvgIpc) is 2.25. The zero-order valence-electron chi connectivity index (χ0n) is 9.83. The third kappa shape index (κ3) is 3.31. The van der Waals surface area contributed by atoms with E-state index in [0.29, 0.717) is 0 Å². The van der Waals surface area contributed by atoms with Crippen molar-refractivity contribution in [3.63, 3.8) is 0 Å². The van der Waals surface area contributed by atoms with Gasteiger partial charge in [0.1, 0.15) is 5.75 Å². The SMILES string of the molecule is Cc1ccc(OC2C#CCCCCC2)cc1. The molecule has 0 heterocycles. The normalized spacial score (nSPS) is 20.2. The van der Waals surface area contributed by atoms with Gasteiger partial charge >= 0.3 is 0 Å². The summed E-state index contributed by atoms with van der Waals surface area (Å²) in [4.78, 5) is 0. The predicted octanol–water partition coefficient (Wildman–Crippen LogP) is 3.71. The number of aryl methyl sites for hydroxylation is 1. The van der Waals surface area contributed by atoms with Crippen molar-refractivity contribution >= 4 is 0 Å². The van der Waals surface area contributed by atoms with Crippen LogP contribution in [0.4, 0.5) is 0 Å². The fourth-order valence-electron chi connectivity index (χ4n) is 1.85. The van der Waals surface area contributed by atoms with E-state index < -0.39 is 0 Å². The van der Waals surface area contributed by atoms with E-state index in [4.69, 9.17) is 4.74 Å². The lowest BCUT2D eigenvalue weighted by Crippen LogP contribution is -2.14. The van der Waals surface area contributed by atoms with Crippen LogP contribution in [0.1, 0.15) is 37.7 Å². The van der Waals surface area contributed by atoms with Gasteiger partial charge in [0.15, 0.2) is 6.10 Å². The zero-order valence-corrected chi connectivity index (χ0v) is 9.83. The molecule has 0 saturated carbocycles. The van der Waals surface area contributed by atoms with Crippen LogP contribution < -0.4 is 4.74 Å². The number of ether oxygens (including phenoxy) is 1. The first-order valence-corrected chi connectivity index (χ1v) is 6.06. The molecule has 84 valence electrons. The third-order valence-corrected chi connectivity index (χ3v) is 2.83. The highest BCUT2D eigenvalue weighted by atomic mass is 16.5. The van der Waals surface area contributed by atoms with E-state index >= 15 is 0 Å². The highest BCUT2D eigenvalue weighted by molar-refractivity contribution is 5.27. The lowest BCUT2D eigenvalue weighted by molar-refractivity contribution is 0.241. The molecule has 0 radical (unpaired) electrons. The quantitative estimate of drug-likeness (QED) is 0.682. The molecule has 0 aromatic heterocycles. The van der Waals surface area contributed by atoms with Crippen LogP contribution in [0.3, 0.4) is 0 Å². The summed E-state index contributed by atoms with van der Waals surface area (Å²) in [5, 5.41) is 0. The van der Waals surface area contributed by atoms with Gasteiger partial charge in [0, 0.05) is 6.42 Å². The van der Waals surface area contributed by atoms with Crippen molar-refractivity contribution in [1.82, 2.24) is 0 Å². The van der Waals surface area contributed by atoms with Crippen LogP contribution in [0.15, 0.2) is 24.3 Å². The van der Waals surface area contributed by atoms with Crippen molar-refractivity contribution in [2.75, 3.05) is 0 Å². The molecule has 16 heavy (non-hydrogen) atoms. The van der Waals surface area contributed by atoms with Crippen LogP contribution in [0, 0.1) is 18.8 Å². The van der Waals surface area contributed by atoms with E-state index in [0.717, 1.165) is 18.6 Å². The summed E-state index contributed by atoms with van der Waals surface area (Å²) in [6.45, 7) is 2.08. The molecule has 0 saturated heterocycles. The van der Waals surface area contributed by atoms with Gasteiger partial charge in [-0.05, 0) is 38.3 Å². The van der Waals surface area contributed by atoms with E-state index in [1.54, 1.807) is 0 Å². The van der Waals surface area contributed by atoms with Crippen molar-refractivity contribution in [3.05, 3.63) is 29.8 Å². The summed E-state index contributed by atoms with van der Waals surface area (Å²) in [6.07, 6.45) is 5.91. The van der Waals surface area contributed by atoms with Crippen LogP contribution in [-0.4, -0.2) is 6.10 Å². The predicted molar refractivity (Wildman–Crippen MR) is 66.5 cm³/mol. The second kappa shape index (κ2) is 5.61. The van der Waals surface area contributed by atoms with Crippen molar-refractivity contribution in [1.29, 1.82) is 0 Å². The zero-order chi connectivity index (χ0) is 11.2. The molecule has 2 rings (SSSR count). The summed E-state index contributed by atoms with van der Waals surface area (Å²) in [6, 6.07) is 8.20. The number of rotatable bonds is 2. The molecule has 1 aromatic rings. The van der Waals surface area contributed by atoms with Crippen LogP contribution in [0.2, 0.25) is 0 Å². The van der Waals surface area contributed by atoms with Gasteiger partial charge in [-0.25, -0.2) is 0 Å². The van der Waals surface area contributed by atoms with Crippen LogP contribution in [0.5, 0.6) is 5.75 Å². The Morgan fingerprint density at radius 1 is 1.12 bits per heavy atom. The molecule has 1 aliphatic carbocycles. The van der Waals surface area contributed by atoms with Gasteiger partial charge in [0.2, 0.25) is 0 Å². The summed E-state index contributed by atoms with van der Waals surface area (Å²) >= 11 is 0. The Balaban J connectivity index is 1.99. The maximum absolute atomic E-state index is 5.87. The maximum atomic E-state index is 5.87. The molecule has 0 spiro atoms. The largest absolute Gasteiger partial charge is 0.478 e. The molecule has 1 aliphatic rings. The number of hydrogen-bond donors (Lipinski definition) is 0. The van der Waals surface area contributed by atoms with Crippen molar-refractivity contribution in [3.8, 4) is 17.6 Å². The van der Waals surface area contributed by atoms with E-state index in [1.165, 1.54) is 24.8 Å². The van der Waals surface area contributed by atoms with Gasteiger partial charge < -0.3 is 4.74 Å². The first-order valence-electron chi connectivity index (χ1n) is 6.06. The van der Waals surface area contributed by atoms with Crippen molar-refractivity contribution < 1.29 is 4.74 Å². The minimum Gasteiger partial charge on any atom is -0.478 e. The van der Waals surface area contributed by atoms with Gasteiger partial charge in [-0.1, -0.05) is 36.0 Å². The van der Waals surface area contributed by atoms with E-state index in [9.17, 15) is 0 Å². The molecule has 1 unspecified atom stereocenters. The van der Waals surface area contributed by atoms with Gasteiger partial charge in [0.05, 0.1) is 0 Å². The summed E-state index contributed by atoms with van der Waals surface area (Å²) in [5.41, 5.74) is 1.26. The summed E-state index contributed by atoms with van der Waals surface area (Å²) in [5.74, 6) is 7.34. The average molecular weight is 214 g/mol. The molecule has 1 nitrogen and oxygen atoms in total. The first-order chi connectivity index (χ1) is 7.84. The molecule has 0 aliphatic heterocycles. The first kappa shape index (κ1) is 11.1. The Hall–Kier alpha value is -1.42. The molecule has 1 heteroatoms. The lowest BCUT2D eigenvalue weighted by Gasteiger charge is -2.15. The Labute approximate surface area is 97.8 Å². The monoisotopic (exact) mass is 214 g/mol. The van der Waals surface area contributed by atoms with Gasteiger partial charge in [0.25, 0.3) is 0 Å². The highest BCUT2D eigenvalue weighted by Gasteiger charge is 2.08. The summed E-state index contributed by atoms with van der Waals surface area (Å²) in [7, 11) is 0. The van der Waals surface area contributed by atoms with E-state index in [2.05, 4.69) is 30.9 Å². The number of hydrogen-bond acceptors (Lipinski definition) is 1. The third-order valence-electron chi connectivity index (χ3n) is 2.83. The molecule has 1 atom stereocenters. The second-order valence-electron chi connectivity index (χ2n) is 4.34. The Morgan fingerprint density at radius 3 is 2.75 bits per heavy atom. The molecule has 0 fully saturated rings. The maximum Gasteiger partial charge on any atom is 0.159 e. The molecular weight excluding hydrogens is 196 g/mol. The Bertz CT molecular complexity index is 380. The smallest absolute Gasteiger partial charge is 0.159 e. The fourth-order valence-corrected chi connectivity index (χ4v) is 1.85. The molecule has 0 bridgehead atoms. The van der Waals surface area contributed by atoms with Crippen LogP contribution in [-0.2, 0) is 0 Å². The van der Waals surface area contributed by atoms with Gasteiger partial charge in [-0.2, -0.15) is 0 Å². The Morgan fingerprint density at radius 2 is 1.94 bits per heavy atom. The minimum absolute atomic E-state index is 0.0861. The van der Waals surface area contributed by atoms with E-state index in [1.807, 2.05) is 12.1 Å². The lowest BCUT2D eigenvalue weighted by atomic mass is 10.1. The number of benzene rings is 1.